The SMILES string of the molecule is CC(C)(C)OC(=O)CN1C[C@@H](N(CC(=O)O)[C@H]2C[C@@H](C(=O)OC(C)(C)C)N(CC(=O)OC(C)(C)C)C2)C[C@H]1C(=O)OC(C)(C)C. The third-order valence-corrected chi connectivity index (χ3v) is 6.88. The van der Waals surface area contributed by atoms with Crippen LogP contribution in [0, 0.1) is 0 Å². The molecule has 258 valence electrons. The number of likely N-dealkylation sites (tertiary alicyclic amines) is 2. The topological polar surface area (TPSA) is 152 Å². The van der Waals surface area contributed by atoms with E-state index in [1.54, 1.807) is 97.8 Å². The summed E-state index contributed by atoms with van der Waals surface area (Å²) < 4.78 is 22.4. The number of hydrogen-bond acceptors (Lipinski definition) is 12. The average molecular weight is 642 g/mol. The van der Waals surface area contributed by atoms with E-state index in [-0.39, 0.29) is 45.6 Å². The standard InChI is InChI=1S/C32H55N3O10/c1-29(2,3)42-25(38)18-33-15-20(13-22(33)27(40)44-31(7,8)9)35(17-24(36)37)21-14-23(28(41)45-32(10,11)12)34(16-21)19-26(39)43-30(4,5)6/h20-23H,13-19H2,1-12H3,(H,36,37)/t20-,21-,22-,23-/m0/s1. The van der Waals surface area contributed by atoms with Crippen molar-refractivity contribution in [3.8, 4) is 0 Å². The van der Waals surface area contributed by atoms with Crippen LogP contribution in [0.1, 0.15) is 95.9 Å². The van der Waals surface area contributed by atoms with Crippen LogP contribution in [-0.2, 0) is 42.9 Å². The zero-order valence-electron chi connectivity index (χ0n) is 29.2. The van der Waals surface area contributed by atoms with Gasteiger partial charge in [0.2, 0.25) is 0 Å². The minimum absolute atomic E-state index is 0.186. The number of carboxylic acids is 1. The van der Waals surface area contributed by atoms with Gasteiger partial charge in [-0.1, -0.05) is 0 Å². The monoisotopic (exact) mass is 641 g/mol. The molecule has 13 nitrogen and oxygen atoms in total. The van der Waals surface area contributed by atoms with Crippen molar-refractivity contribution in [2.24, 2.45) is 0 Å². The first-order valence-corrected chi connectivity index (χ1v) is 15.6. The largest absolute Gasteiger partial charge is 0.480 e. The molecule has 1 N–H and O–H groups in total. The molecule has 0 amide bonds. The van der Waals surface area contributed by atoms with Crippen LogP contribution in [0.15, 0.2) is 0 Å². The summed E-state index contributed by atoms with van der Waals surface area (Å²) in [5, 5.41) is 9.94. The first-order chi connectivity index (χ1) is 20.2. The summed E-state index contributed by atoms with van der Waals surface area (Å²) in [7, 11) is 0. The highest BCUT2D eigenvalue weighted by Gasteiger charge is 2.48. The lowest BCUT2D eigenvalue weighted by molar-refractivity contribution is -0.165. The lowest BCUT2D eigenvalue weighted by Gasteiger charge is -2.33. The number of carbonyl (C=O) groups excluding carboxylic acids is 4. The van der Waals surface area contributed by atoms with Gasteiger partial charge in [-0.15, -0.1) is 0 Å². The second-order valence-corrected chi connectivity index (χ2v) is 16.0. The summed E-state index contributed by atoms with van der Waals surface area (Å²) in [5.41, 5.74) is -3.01. The van der Waals surface area contributed by atoms with Gasteiger partial charge in [-0.2, -0.15) is 0 Å². The maximum atomic E-state index is 13.3. The Balaban J connectivity index is 2.41. The molecule has 2 saturated heterocycles. The summed E-state index contributed by atoms with van der Waals surface area (Å²) in [5.74, 6) is -3.16. The number of ether oxygens (including phenoxy) is 4. The molecule has 0 aliphatic carbocycles. The van der Waals surface area contributed by atoms with Crippen LogP contribution < -0.4 is 0 Å². The number of carboxylic acid groups (broad SMARTS) is 1. The Morgan fingerprint density at radius 3 is 1.18 bits per heavy atom. The smallest absolute Gasteiger partial charge is 0.323 e. The van der Waals surface area contributed by atoms with Crippen LogP contribution in [0.4, 0.5) is 0 Å². The zero-order valence-corrected chi connectivity index (χ0v) is 29.2. The molecule has 2 fully saturated rings. The Kier molecular flexibility index (Phi) is 12.2. The molecule has 13 heteroatoms. The molecule has 2 aliphatic heterocycles. The van der Waals surface area contributed by atoms with E-state index in [1.807, 2.05) is 0 Å². The minimum Gasteiger partial charge on any atom is -0.480 e. The molecule has 2 aliphatic rings. The maximum absolute atomic E-state index is 13.3. The summed E-state index contributed by atoms with van der Waals surface area (Å²) in [4.78, 5) is 69.6. The van der Waals surface area contributed by atoms with Crippen LogP contribution >= 0.6 is 0 Å². The number of aliphatic carboxylic acids is 1. The van der Waals surface area contributed by atoms with Gasteiger partial charge < -0.3 is 24.1 Å². The molecule has 0 aromatic carbocycles. The molecule has 2 rings (SSSR count). The van der Waals surface area contributed by atoms with Gasteiger partial charge in [0, 0.05) is 25.2 Å². The fourth-order valence-electron chi connectivity index (χ4n) is 5.61. The minimum atomic E-state index is -1.09. The van der Waals surface area contributed by atoms with Crippen molar-refractivity contribution in [1.29, 1.82) is 0 Å². The second kappa shape index (κ2) is 14.3. The Morgan fingerprint density at radius 1 is 0.600 bits per heavy atom. The highest BCUT2D eigenvalue weighted by molar-refractivity contribution is 5.80. The quantitative estimate of drug-likeness (QED) is 0.275. The van der Waals surface area contributed by atoms with Crippen molar-refractivity contribution in [2.45, 2.75) is 142 Å². The van der Waals surface area contributed by atoms with Crippen molar-refractivity contribution in [3.63, 3.8) is 0 Å². The number of carbonyl (C=O) groups is 5. The average Bonchev–Trinajstić information content (AvgIpc) is 3.36. The number of rotatable bonds is 10. The molecular weight excluding hydrogens is 586 g/mol. The van der Waals surface area contributed by atoms with Gasteiger partial charge in [0.15, 0.2) is 0 Å². The van der Waals surface area contributed by atoms with Crippen LogP contribution in [0.25, 0.3) is 0 Å². The van der Waals surface area contributed by atoms with E-state index < -0.39 is 76.4 Å². The van der Waals surface area contributed by atoms with Gasteiger partial charge in [-0.3, -0.25) is 38.7 Å². The highest BCUT2D eigenvalue weighted by Crippen LogP contribution is 2.32. The van der Waals surface area contributed by atoms with Crippen LogP contribution in [0.5, 0.6) is 0 Å². The highest BCUT2D eigenvalue weighted by atomic mass is 16.6. The molecule has 0 saturated carbocycles. The van der Waals surface area contributed by atoms with Crippen molar-refractivity contribution in [2.75, 3.05) is 32.7 Å². The Bertz CT molecular complexity index is 1020. The first-order valence-electron chi connectivity index (χ1n) is 15.6. The summed E-state index contributed by atoms with van der Waals surface area (Å²) in [6.07, 6.45) is 0.398. The molecule has 45 heavy (non-hydrogen) atoms. The van der Waals surface area contributed by atoms with Crippen LogP contribution in [-0.4, -0.2) is 129 Å². The molecular formula is C32H55N3O10. The van der Waals surface area contributed by atoms with Gasteiger partial charge in [-0.25, -0.2) is 0 Å². The molecule has 0 unspecified atom stereocenters. The molecule has 2 heterocycles. The Hall–Kier alpha value is -2.77. The molecule has 0 aromatic heterocycles. The van der Waals surface area contributed by atoms with Crippen LogP contribution in [0.2, 0.25) is 0 Å². The summed E-state index contributed by atoms with van der Waals surface area (Å²) in [6.45, 7) is 20.6. The van der Waals surface area contributed by atoms with Gasteiger partial charge in [0.25, 0.3) is 0 Å². The molecule has 0 bridgehead atoms. The van der Waals surface area contributed by atoms with Crippen molar-refractivity contribution in [3.05, 3.63) is 0 Å². The van der Waals surface area contributed by atoms with E-state index in [1.165, 1.54) is 0 Å². The van der Waals surface area contributed by atoms with Gasteiger partial charge >= 0.3 is 29.8 Å². The van der Waals surface area contributed by atoms with Gasteiger partial charge in [0.05, 0.1) is 19.6 Å². The van der Waals surface area contributed by atoms with E-state index in [9.17, 15) is 29.1 Å². The maximum Gasteiger partial charge on any atom is 0.323 e. The molecule has 0 spiro atoms. The van der Waals surface area contributed by atoms with E-state index in [4.69, 9.17) is 18.9 Å². The summed E-state index contributed by atoms with van der Waals surface area (Å²) in [6, 6.07) is -2.60. The third kappa shape index (κ3) is 13.2. The number of nitrogens with zero attached hydrogens (tertiary/aromatic N) is 3. The fourth-order valence-corrected chi connectivity index (χ4v) is 5.61. The van der Waals surface area contributed by atoms with E-state index in [0.717, 1.165) is 0 Å². The Labute approximate surface area is 267 Å². The molecule has 4 atom stereocenters. The van der Waals surface area contributed by atoms with E-state index in [2.05, 4.69) is 0 Å². The van der Waals surface area contributed by atoms with Crippen molar-refractivity contribution < 1.29 is 48.0 Å². The number of hydrogen-bond donors (Lipinski definition) is 1. The normalized spacial score (nSPS) is 23.6. The summed E-state index contributed by atoms with van der Waals surface area (Å²) >= 11 is 0. The molecule has 0 radical (unpaired) electrons. The van der Waals surface area contributed by atoms with Crippen molar-refractivity contribution in [1.82, 2.24) is 14.7 Å². The van der Waals surface area contributed by atoms with E-state index in [0.29, 0.717) is 0 Å². The fraction of sp³-hybridized carbons (Fsp3) is 0.844. The lowest BCUT2D eigenvalue weighted by Crippen LogP contribution is -2.49. The van der Waals surface area contributed by atoms with Gasteiger partial charge in [0.1, 0.15) is 34.5 Å². The zero-order chi connectivity index (χ0) is 34.7. The number of esters is 4. The lowest BCUT2D eigenvalue weighted by atomic mass is 10.1. The molecule has 0 aromatic rings. The van der Waals surface area contributed by atoms with Gasteiger partial charge in [-0.05, 0) is 95.9 Å². The predicted octanol–water partition coefficient (Wildman–Crippen LogP) is 2.63. The third-order valence-electron chi connectivity index (χ3n) is 6.88. The second-order valence-electron chi connectivity index (χ2n) is 16.0. The Morgan fingerprint density at radius 2 is 0.911 bits per heavy atom. The van der Waals surface area contributed by atoms with Crippen LogP contribution in [0.3, 0.4) is 0 Å². The van der Waals surface area contributed by atoms with E-state index >= 15 is 0 Å². The first kappa shape index (κ1) is 38.4. The predicted molar refractivity (Wildman–Crippen MR) is 165 cm³/mol. The van der Waals surface area contributed by atoms with Crippen molar-refractivity contribution >= 4 is 29.8 Å².